The summed E-state index contributed by atoms with van der Waals surface area (Å²) in [5.41, 5.74) is -2.27. The third-order valence-corrected chi connectivity index (χ3v) is 5.14. The molecule has 0 unspecified atom stereocenters. The summed E-state index contributed by atoms with van der Waals surface area (Å²) in [6.45, 7) is 18.8. The maximum Gasteiger partial charge on any atom is 0.496 e. The van der Waals surface area contributed by atoms with Gasteiger partial charge in [-0.1, -0.05) is 6.07 Å². The monoisotopic (exact) mass is 477 g/mol. The number of hydrogen-bond donors (Lipinski definition) is 0. The second-order valence-corrected chi connectivity index (χ2v) is 11.1. The van der Waals surface area contributed by atoms with Crippen LogP contribution in [-0.2, 0) is 23.6 Å². The van der Waals surface area contributed by atoms with Crippen molar-refractivity contribution in [3.8, 4) is 0 Å². The Labute approximate surface area is 202 Å². The zero-order valence-electron chi connectivity index (χ0n) is 22.0. The van der Waals surface area contributed by atoms with Gasteiger partial charge in [0.2, 0.25) is 5.91 Å². The van der Waals surface area contributed by atoms with E-state index < -0.39 is 47.6 Å². The smallest absolute Gasteiger partial charge is 0.442 e. The van der Waals surface area contributed by atoms with Crippen molar-refractivity contribution < 1.29 is 33.2 Å². The first kappa shape index (κ1) is 27.6. The molecule has 0 aromatic carbocycles. The van der Waals surface area contributed by atoms with E-state index in [1.54, 1.807) is 47.6 Å². The van der Waals surface area contributed by atoms with Crippen LogP contribution in [0.2, 0.25) is 0 Å². The second-order valence-electron chi connectivity index (χ2n) is 11.1. The Balaban J connectivity index is 2.46. The summed E-state index contributed by atoms with van der Waals surface area (Å²) >= 11 is 0. The lowest BCUT2D eigenvalue weighted by Gasteiger charge is -2.34. The van der Waals surface area contributed by atoms with E-state index >= 15 is 0 Å². The Hall–Kier alpha value is -2.66. The SMILES string of the molecule is CC(=O)N(C(=O)OC(C)(C)C)N(C(=O)OC(C)(C)C)c1ccc(B2OC(C)(C)C(C)(C)O2)cn1. The van der Waals surface area contributed by atoms with Crippen molar-refractivity contribution in [3.63, 3.8) is 0 Å². The molecule has 3 amide bonds. The van der Waals surface area contributed by atoms with Gasteiger partial charge in [-0.2, -0.15) is 5.01 Å². The minimum atomic E-state index is -1.04. The predicted molar refractivity (Wildman–Crippen MR) is 127 cm³/mol. The molecule has 0 radical (unpaired) electrons. The van der Waals surface area contributed by atoms with Crippen LogP contribution in [0.4, 0.5) is 15.4 Å². The fourth-order valence-corrected chi connectivity index (χ4v) is 2.88. The molecule has 1 aliphatic rings. The zero-order valence-corrected chi connectivity index (χ0v) is 22.0. The molecule has 1 aromatic heterocycles. The van der Waals surface area contributed by atoms with Gasteiger partial charge in [-0.3, -0.25) is 4.79 Å². The van der Waals surface area contributed by atoms with Crippen LogP contribution in [0, 0.1) is 0 Å². The minimum absolute atomic E-state index is 0.0180. The van der Waals surface area contributed by atoms with E-state index in [1.807, 2.05) is 27.7 Å². The standard InChI is InChI=1S/C23H36BN3O7/c1-15(28)26(18(29)31-20(2,3)4)27(19(30)32-21(5,6)7)17-13-12-16(14-25-17)24-33-22(8,9)23(10,11)34-24/h12-14H,1-11H3. The summed E-state index contributed by atoms with van der Waals surface area (Å²) in [5, 5.41) is 1.33. The van der Waals surface area contributed by atoms with Crippen molar-refractivity contribution in [2.24, 2.45) is 0 Å². The lowest BCUT2D eigenvalue weighted by Crippen LogP contribution is -2.55. The Morgan fingerprint density at radius 1 is 0.882 bits per heavy atom. The fraction of sp³-hybridized carbons (Fsp3) is 0.652. The third kappa shape index (κ3) is 6.47. The molecule has 0 spiro atoms. The number of ether oxygens (including phenoxy) is 2. The van der Waals surface area contributed by atoms with E-state index in [-0.39, 0.29) is 5.82 Å². The summed E-state index contributed by atoms with van der Waals surface area (Å²) < 4.78 is 22.9. The highest BCUT2D eigenvalue weighted by Crippen LogP contribution is 2.36. The molecule has 34 heavy (non-hydrogen) atoms. The van der Waals surface area contributed by atoms with Crippen LogP contribution in [0.5, 0.6) is 0 Å². The van der Waals surface area contributed by atoms with Crippen LogP contribution in [-0.4, -0.2) is 57.6 Å². The highest BCUT2D eigenvalue weighted by molar-refractivity contribution is 6.62. The summed E-state index contributed by atoms with van der Waals surface area (Å²) in [6.07, 6.45) is -0.547. The molecule has 1 aromatic rings. The molecule has 1 fully saturated rings. The van der Waals surface area contributed by atoms with Crippen molar-refractivity contribution in [2.75, 3.05) is 5.01 Å². The molecule has 0 N–H and O–H groups in total. The van der Waals surface area contributed by atoms with Crippen molar-refractivity contribution in [2.45, 2.75) is 98.6 Å². The van der Waals surface area contributed by atoms with Crippen molar-refractivity contribution in [3.05, 3.63) is 18.3 Å². The molecule has 188 valence electrons. The number of hydrogen-bond acceptors (Lipinski definition) is 8. The van der Waals surface area contributed by atoms with E-state index in [4.69, 9.17) is 18.8 Å². The van der Waals surface area contributed by atoms with E-state index in [0.717, 1.165) is 11.9 Å². The molecule has 10 nitrogen and oxygen atoms in total. The van der Waals surface area contributed by atoms with Gasteiger partial charge in [-0.25, -0.2) is 14.6 Å². The predicted octanol–water partition coefficient (Wildman–Crippen LogP) is 3.82. The maximum atomic E-state index is 13.1. The number of pyridine rings is 1. The number of aromatic nitrogens is 1. The summed E-state index contributed by atoms with van der Waals surface area (Å²) in [4.78, 5) is 42.8. The lowest BCUT2D eigenvalue weighted by atomic mass is 9.80. The summed E-state index contributed by atoms with van der Waals surface area (Å²) in [7, 11) is -0.670. The fourth-order valence-electron chi connectivity index (χ4n) is 2.88. The van der Waals surface area contributed by atoms with Crippen LogP contribution in [0.25, 0.3) is 0 Å². The van der Waals surface area contributed by atoms with Gasteiger partial charge in [0, 0.05) is 18.6 Å². The molecule has 2 heterocycles. The average Bonchev–Trinajstić information content (AvgIpc) is 2.83. The van der Waals surface area contributed by atoms with Gasteiger partial charge in [0.1, 0.15) is 11.2 Å². The van der Waals surface area contributed by atoms with E-state index in [2.05, 4.69) is 4.98 Å². The maximum absolute atomic E-state index is 13.1. The highest BCUT2D eigenvalue weighted by Gasteiger charge is 2.52. The number of nitrogens with zero attached hydrogens (tertiary/aromatic N) is 3. The van der Waals surface area contributed by atoms with Gasteiger partial charge in [0.15, 0.2) is 5.82 Å². The van der Waals surface area contributed by atoms with Gasteiger partial charge in [-0.05, 0) is 75.3 Å². The Bertz CT molecular complexity index is 917. The zero-order chi connectivity index (χ0) is 26.3. The molecule has 0 atom stereocenters. The molecule has 2 rings (SSSR count). The number of carbonyl (C=O) groups is 3. The molecule has 0 aliphatic carbocycles. The first-order valence-electron chi connectivity index (χ1n) is 11.1. The number of rotatable bonds is 2. The largest absolute Gasteiger partial charge is 0.496 e. The normalized spacial score (nSPS) is 17.2. The lowest BCUT2D eigenvalue weighted by molar-refractivity contribution is -0.128. The van der Waals surface area contributed by atoms with E-state index in [0.29, 0.717) is 10.5 Å². The van der Waals surface area contributed by atoms with Gasteiger partial charge in [-0.15, -0.1) is 5.01 Å². The summed E-state index contributed by atoms with van der Waals surface area (Å²) in [6, 6.07) is 3.12. The van der Waals surface area contributed by atoms with Crippen LogP contribution < -0.4 is 10.5 Å². The van der Waals surface area contributed by atoms with E-state index in [9.17, 15) is 14.4 Å². The molecule has 0 bridgehead atoms. The quantitative estimate of drug-likeness (QED) is 0.468. The van der Waals surface area contributed by atoms with Crippen molar-refractivity contribution in [1.29, 1.82) is 0 Å². The van der Waals surface area contributed by atoms with Gasteiger partial charge >= 0.3 is 19.3 Å². The second kappa shape index (κ2) is 9.18. The van der Waals surface area contributed by atoms with Crippen LogP contribution in [0.3, 0.4) is 0 Å². The highest BCUT2D eigenvalue weighted by atomic mass is 16.7. The molecular formula is C23H36BN3O7. The Morgan fingerprint density at radius 2 is 1.35 bits per heavy atom. The number of amides is 3. The van der Waals surface area contributed by atoms with Crippen LogP contribution in [0.1, 0.15) is 76.2 Å². The minimum Gasteiger partial charge on any atom is -0.442 e. The van der Waals surface area contributed by atoms with E-state index in [1.165, 1.54) is 12.3 Å². The van der Waals surface area contributed by atoms with Crippen molar-refractivity contribution >= 4 is 36.5 Å². The molecule has 11 heteroatoms. The van der Waals surface area contributed by atoms with Crippen LogP contribution in [0.15, 0.2) is 18.3 Å². The summed E-state index contributed by atoms with van der Waals surface area (Å²) in [5.74, 6) is -0.771. The number of hydrazine groups is 1. The average molecular weight is 477 g/mol. The van der Waals surface area contributed by atoms with Crippen LogP contribution >= 0.6 is 0 Å². The third-order valence-electron chi connectivity index (χ3n) is 5.14. The van der Waals surface area contributed by atoms with Crippen molar-refractivity contribution in [1.82, 2.24) is 9.99 Å². The number of imide groups is 1. The Kier molecular flexibility index (Phi) is 7.45. The molecule has 1 saturated heterocycles. The topological polar surface area (TPSA) is 108 Å². The van der Waals surface area contributed by atoms with Gasteiger partial charge < -0.3 is 18.8 Å². The first-order valence-corrected chi connectivity index (χ1v) is 11.1. The number of anilines is 1. The molecule has 1 aliphatic heterocycles. The van der Waals surface area contributed by atoms with Gasteiger partial charge in [0.25, 0.3) is 0 Å². The Morgan fingerprint density at radius 3 is 1.74 bits per heavy atom. The number of carbonyl (C=O) groups excluding carboxylic acids is 3. The molecular weight excluding hydrogens is 441 g/mol. The van der Waals surface area contributed by atoms with Gasteiger partial charge in [0.05, 0.1) is 11.2 Å². The molecule has 0 saturated carbocycles. The first-order chi connectivity index (χ1) is 15.2.